The topological polar surface area (TPSA) is 129 Å². The molecule has 1 heterocycles. The lowest BCUT2D eigenvalue weighted by Gasteiger charge is -2.18. The van der Waals surface area contributed by atoms with E-state index in [9.17, 15) is 9.90 Å². The molecule has 1 fully saturated rings. The van der Waals surface area contributed by atoms with Crippen molar-refractivity contribution in [1.82, 2.24) is 9.97 Å². The molecule has 1 aliphatic carbocycles. The van der Waals surface area contributed by atoms with E-state index < -0.39 is 5.97 Å². The Kier molecular flexibility index (Phi) is 4.70. The molecule has 0 spiro atoms. The fourth-order valence-electron chi connectivity index (χ4n) is 2.68. The Labute approximate surface area is 150 Å². The predicted octanol–water partition coefficient (Wildman–Crippen LogP) is 2.02. The summed E-state index contributed by atoms with van der Waals surface area (Å²) in [5.41, 5.74) is 6.59. The van der Waals surface area contributed by atoms with Crippen molar-refractivity contribution in [3.05, 3.63) is 17.7 Å². The molecular formula is C17H20N4O5. The zero-order chi connectivity index (χ0) is 18.8. The van der Waals surface area contributed by atoms with Crippen LogP contribution in [0.15, 0.2) is 12.1 Å². The highest BCUT2D eigenvalue weighted by molar-refractivity contribution is 5.96. The standard InChI is InChI=1S/C17H20N4O5/c1-24-13-9(6-10(16(22)23)14(25-2)15(13)26-3)11-7-12(19-8-4-5-8)21-17(18)20-11/h6-8H,4-5H2,1-3H3,(H,22,23)(H3,18,19,20,21). The van der Waals surface area contributed by atoms with Crippen molar-refractivity contribution < 1.29 is 24.1 Å². The number of nitrogens with two attached hydrogens (primary N) is 1. The minimum absolute atomic E-state index is 0.0685. The van der Waals surface area contributed by atoms with Crippen LogP contribution in [0.3, 0.4) is 0 Å². The second-order valence-electron chi connectivity index (χ2n) is 5.79. The highest BCUT2D eigenvalue weighted by Gasteiger charge is 2.27. The molecule has 1 aliphatic rings. The predicted molar refractivity (Wildman–Crippen MR) is 95.1 cm³/mol. The van der Waals surface area contributed by atoms with Crippen molar-refractivity contribution in [3.63, 3.8) is 0 Å². The minimum Gasteiger partial charge on any atom is -0.492 e. The van der Waals surface area contributed by atoms with Crippen molar-refractivity contribution >= 4 is 17.7 Å². The molecule has 0 bridgehead atoms. The number of hydrogen-bond acceptors (Lipinski definition) is 8. The highest BCUT2D eigenvalue weighted by atomic mass is 16.5. The summed E-state index contributed by atoms with van der Waals surface area (Å²) in [7, 11) is 4.23. The van der Waals surface area contributed by atoms with Gasteiger partial charge in [-0.1, -0.05) is 0 Å². The number of carboxylic acids is 1. The molecule has 3 rings (SSSR count). The van der Waals surface area contributed by atoms with Crippen molar-refractivity contribution in [2.75, 3.05) is 32.4 Å². The quantitative estimate of drug-likeness (QED) is 0.679. The largest absolute Gasteiger partial charge is 0.492 e. The van der Waals surface area contributed by atoms with Crippen LogP contribution < -0.4 is 25.3 Å². The number of carbonyl (C=O) groups is 1. The van der Waals surface area contributed by atoms with Crippen LogP contribution in [-0.2, 0) is 0 Å². The molecule has 1 aromatic heterocycles. The van der Waals surface area contributed by atoms with Gasteiger partial charge in [-0.05, 0) is 18.9 Å². The monoisotopic (exact) mass is 360 g/mol. The molecule has 9 heteroatoms. The van der Waals surface area contributed by atoms with Crippen molar-refractivity contribution in [1.29, 1.82) is 0 Å². The van der Waals surface area contributed by atoms with E-state index in [2.05, 4.69) is 15.3 Å². The maximum absolute atomic E-state index is 11.7. The van der Waals surface area contributed by atoms with Gasteiger partial charge in [-0.2, -0.15) is 4.98 Å². The van der Waals surface area contributed by atoms with Crippen LogP contribution in [0, 0.1) is 0 Å². The molecule has 9 nitrogen and oxygen atoms in total. The average Bonchev–Trinajstić information content (AvgIpc) is 3.42. The molecule has 1 saturated carbocycles. The van der Waals surface area contributed by atoms with Gasteiger partial charge in [0.05, 0.1) is 27.0 Å². The third-order valence-corrected chi connectivity index (χ3v) is 3.98. The first-order valence-corrected chi connectivity index (χ1v) is 7.96. The fourth-order valence-corrected chi connectivity index (χ4v) is 2.68. The van der Waals surface area contributed by atoms with E-state index in [-0.39, 0.29) is 23.0 Å². The molecule has 138 valence electrons. The van der Waals surface area contributed by atoms with E-state index in [1.54, 1.807) is 6.07 Å². The SMILES string of the molecule is COc1c(C(=O)O)cc(-c2cc(NC3CC3)nc(N)n2)c(OC)c1OC. The van der Waals surface area contributed by atoms with Gasteiger partial charge in [-0.15, -0.1) is 0 Å². The Morgan fingerprint density at radius 1 is 1.12 bits per heavy atom. The van der Waals surface area contributed by atoms with E-state index >= 15 is 0 Å². The molecule has 0 saturated heterocycles. The number of anilines is 2. The van der Waals surface area contributed by atoms with Gasteiger partial charge in [0, 0.05) is 17.7 Å². The number of methoxy groups -OCH3 is 3. The molecule has 0 aliphatic heterocycles. The fraction of sp³-hybridized carbons (Fsp3) is 0.353. The molecule has 1 aromatic carbocycles. The van der Waals surface area contributed by atoms with Gasteiger partial charge in [0.15, 0.2) is 11.5 Å². The Hall–Kier alpha value is -3.23. The third-order valence-electron chi connectivity index (χ3n) is 3.98. The lowest BCUT2D eigenvalue weighted by Crippen LogP contribution is -2.08. The first-order valence-electron chi connectivity index (χ1n) is 7.96. The number of rotatable bonds is 7. The Morgan fingerprint density at radius 2 is 1.77 bits per heavy atom. The Balaban J connectivity index is 2.21. The molecule has 4 N–H and O–H groups in total. The number of nitrogens with one attached hydrogen (secondary N) is 1. The first kappa shape index (κ1) is 17.6. The number of nitrogens with zero attached hydrogens (tertiary/aromatic N) is 2. The summed E-state index contributed by atoms with van der Waals surface area (Å²) in [5.74, 6) is 0.00745. The van der Waals surface area contributed by atoms with Crippen molar-refractivity contribution in [2.45, 2.75) is 18.9 Å². The maximum atomic E-state index is 11.7. The number of hydrogen-bond donors (Lipinski definition) is 3. The van der Waals surface area contributed by atoms with E-state index in [0.717, 1.165) is 12.8 Å². The highest BCUT2D eigenvalue weighted by Crippen LogP contribution is 2.46. The molecule has 0 atom stereocenters. The van der Waals surface area contributed by atoms with Crippen LogP contribution in [0.2, 0.25) is 0 Å². The summed E-state index contributed by atoms with van der Waals surface area (Å²) in [5, 5.41) is 12.8. The van der Waals surface area contributed by atoms with Gasteiger partial charge >= 0.3 is 5.97 Å². The second-order valence-corrected chi connectivity index (χ2v) is 5.79. The molecule has 0 unspecified atom stereocenters. The number of aromatic carboxylic acids is 1. The summed E-state index contributed by atoms with van der Waals surface area (Å²) < 4.78 is 16.0. The van der Waals surface area contributed by atoms with Gasteiger partial charge in [0.2, 0.25) is 11.7 Å². The van der Waals surface area contributed by atoms with Crippen LogP contribution in [0.1, 0.15) is 23.2 Å². The van der Waals surface area contributed by atoms with Crippen LogP contribution in [-0.4, -0.2) is 48.4 Å². The summed E-state index contributed by atoms with van der Waals surface area (Å²) in [6.45, 7) is 0. The van der Waals surface area contributed by atoms with Gasteiger partial charge in [0.1, 0.15) is 11.4 Å². The third kappa shape index (κ3) is 3.28. The van der Waals surface area contributed by atoms with E-state index in [1.165, 1.54) is 27.4 Å². The molecule has 2 aromatic rings. The lowest BCUT2D eigenvalue weighted by molar-refractivity contribution is 0.0692. The smallest absolute Gasteiger partial charge is 0.339 e. The van der Waals surface area contributed by atoms with Gasteiger partial charge in [-0.25, -0.2) is 9.78 Å². The average molecular weight is 360 g/mol. The molecule has 26 heavy (non-hydrogen) atoms. The van der Waals surface area contributed by atoms with Gasteiger partial charge < -0.3 is 30.4 Å². The van der Waals surface area contributed by atoms with Crippen molar-refractivity contribution in [3.8, 4) is 28.5 Å². The van der Waals surface area contributed by atoms with Crippen LogP contribution in [0.5, 0.6) is 17.2 Å². The number of benzene rings is 1. The van der Waals surface area contributed by atoms with E-state index in [1.807, 2.05) is 0 Å². The zero-order valence-electron chi connectivity index (χ0n) is 14.7. The minimum atomic E-state index is -1.16. The second kappa shape index (κ2) is 6.95. The normalized spacial score (nSPS) is 13.2. The van der Waals surface area contributed by atoms with Gasteiger partial charge in [0.25, 0.3) is 0 Å². The summed E-state index contributed by atoms with van der Waals surface area (Å²) in [6.07, 6.45) is 2.14. The Morgan fingerprint density at radius 3 is 2.31 bits per heavy atom. The molecule has 0 radical (unpaired) electrons. The van der Waals surface area contributed by atoms with E-state index in [4.69, 9.17) is 19.9 Å². The molecular weight excluding hydrogens is 340 g/mol. The van der Waals surface area contributed by atoms with Gasteiger partial charge in [-0.3, -0.25) is 0 Å². The zero-order valence-corrected chi connectivity index (χ0v) is 14.7. The summed E-state index contributed by atoms with van der Waals surface area (Å²) in [4.78, 5) is 20.1. The summed E-state index contributed by atoms with van der Waals surface area (Å²) in [6, 6.07) is 3.49. The number of nitrogen functional groups attached to an aromatic ring is 1. The van der Waals surface area contributed by atoms with Crippen LogP contribution >= 0.6 is 0 Å². The van der Waals surface area contributed by atoms with Crippen molar-refractivity contribution in [2.24, 2.45) is 0 Å². The number of ether oxygens (including phenoxy) is 3. The molecule has 0 amide bonds. The summed E-state index contributed by atoms with van der Waals surface area (Å²) >= 11 is 0. The lowest BCUT2D eigenvalue weighted by atomic mass is 10.0. The van der Waals surface area contributed by atoms with Crippen LogP contribution in [0.4, 0.5) is 11.8 Å². The van der Waals surface area contributed by atoms with Crippen LogP contribution in [0.25, 0.3) is 11.3 Å². The Bertz CT molecular complexity index is 852. The maximum Gasteiger partial charge on any atom is 0.339 e. The number of carboxylic acid groups (broad SMARTS) is 1. The van der Waals surface area contributed by atoms with E-state index in [0.29, 0.717) is 28.9 Å². The number of aromatic nitrogens is 2. The first-order chi connectivity index (χ1) is 12.5.